The fourth-order valence-electron chi connectivity index (χ4n) is 5.15. The Hall–Kier alpha value is -4.53. The number of rotatable bonds is 6. The highest BCUT2D eigenvalue weighted by molar-refractivity contribution is 5.79. The molecule has 1 heterocycles. The van der Waals surface area contributed by atoms with Gasteiger partial charge in [-0.2, -0.15) is 0 Å². The van der Waals surface area contributed by atoms with Gasteiger partial charge in [0.15, 0.2) is 0 Å². The van der Waals surface area contributed by atoms with E-state index < -0.39 is 30.4 Å². The first-order chi connectivity index (χ1) is 18.5. The highest BCUT2D eigenvalue weighted by atomic mass is 16.6. The molecule has 2 aliphatic rings. The molecule has 0 aromatic heterocycles. The lowest BCUT2D eigenvalue weighted by Gasteiger charge is -2.37. The molecule has 0 bridgehead atoms. The minimum Gasteiger partial charge on any atom is -0.465 e. The summed E-state index contributed by atoms with van der Waals surface area (Å²) in [6.07, 6.45) is -2.08. The molecule has 1 aliphatic carbocycles. The van der Waals surface area contributed by atoms with E-state index in [2.05, 4.69) is 22.8 Å². The second-order valence-corrected chi connectivity index (χ2v) is 9.41. The van der Waals surface area contributed by atoms with Crippen molar-refractivity contribution in [1.82, 2.24) is 15.5 Å². The molecule has 0 radical (unpaired) electrons. The smallest absolute Gasteiger partial charge is 0.407 e. The molecule has 3 amide bonds. The van der Waals surface area contributed by atoms with Gasteiger partial charge in [0, 0.05) is 19.0 Å². The van der Waals surface area contributed by atoms with Gasteiger partial charge in [-0.1, -0.05) is 78.9 Å². The zero-order chi connectivity index (χ0) is 26.5. The van der Waals surface area contributed by atoms with Crippen LogP contribution < -0.4 is 10.6 Å². The number of hydrogen-bond donors (Lipinski definition) is 3. The Bertz CT molecular complexity index is 1270. The van der Waals surface area contributed by atoms with Gasteiger partial charge in [-0.3, -0.25) is 0 Å². The van der Waals surface area contributed by atoms with E-state index in [1.807, 2.05) is 66.7 Å². The third kappa shape index (κ3) is 5.56. The average Bonchev–Trinajstić information content (AvgIpc) is 3.26. The maximum atomic E-state index is 12.9. The number of carbonyl (C=O) groups excluding carboxylic acids is 2. The number of alkyl carbamates (subject to hydrolysis) is 2. The van der Waals surface area contributed by atoms with Crippen molar-refractivity contribution in [3.8, 4) is 11.1 Å². The molecule has 5 rings (SSSR count). The molecule has 3 aromatic carbocycles. The van der Waals surface area contributed by atoms with Crippen LogP contribution in [0.15, 0.2) is 78.9 Å². The zero-order valence-electron chi connectivity index (χ0n) is 20.7. The monoisotopic (exact) mass is 515 g/mol. The van der Waals surface area contributed by atoms with E-state index in [9.17, 15) is 19.5 Å². The van der Waals surface area contributed by atoms with E-state index in [4.69, 9.17) is 9.47 Å². The van der Waals surface area contributed by atoms with Crippen LogP contribution in [0.25, 0.3) is 11.1 Å². The first-order valence-corrected chi connectivity index (χ1v) is 12.6. The number of piperidine rings is 1. The number of fused-ring (bicyclic) bond motifs is 3. The van der Waals surface area contributed by atoms with Crippen LogP contribution in [0.3, 0.4) is 0 Å². The summed E-state index contributed by atoms with van der Waals surface area (Å²) in [6, 6.07) is 24.2. The van der Waals surface area contributed by atoms with Crippen LogP contribution in [0.4, 0.5) is 14.4 Å². The molecule has 9 nitrogen and oxygen atoms in total. The van der Waals surface area contributed by atoms with Crippen molar-refractivity contribution < 1.29 is 29.0 Å². The molecule has 1 aliphatic heterocycles. The first kappa shape index (κ1) is 25.1. The Labute approximate surface area is 220 Å². The topological polar surface area (TPSA) is 117 Å². The Morgan fingerprint density at radius 1 is 0.789 bits per heavy atom. The molecule has 0 saturated carbocycles. The van der Waals surface area contributed by atoms with Gasteiger partial charge in [0.2, 0.25) is 0 Å². The van der Waals surface area contributed by atoms with Gasteiger partial charge >= 0.3 is 18.3 Å². The zero-order valence-corrected chi connectivity index (χ0v) is 20.7. The fraction of sp³-hybridized carbons (Fsp3) is 0.276. The minimum atomic E-state index is -1.09. The average molecular weight is 516 g/mol. The van der Waals surface area contributed by atoms with Gasteiger partial charge in [-0.05, 0) is 34.2 Å². The highest BCUT2D eigenvalue weighted by Gasteiger charge is 2.35. The van der Waals surface area contributed by atoms with E-state index in [0.717, 1.165) is 27.8 Å². The number of benzene rings is 3. The number of carbonyl (C=O) groups is 3. The van der Waals surface area contributed by atoms with E-state index in [0.29, 0.717) is 6.42 Å². The minimum absolute atomic E-state index is 0.0170. The van der Waals surface area contributed by atoms with Crippen molar-refractivity contribution >= 4 is 18.3 Å². The number of amides is 3. The number of nitrogens with zero attached hydrogens (tertiary/aromatic N) is 1. The van der Waals surface area contributed by atoms with Gasteiger partial charge < -0.3 is 30.1 Å². The maximum absolute atomic E-state index is 12.9. The highest BCUT2D eigenvalue weighted by Crippen LogP contribution is 2.44. The molecule has 0 unspecified atom stereocenters. The van der Waals surface area contributed by atoms with Gasteiger partial charge in [0.05, 0.1) is 12.1 Å². The van der Waals surface area contributed by atoms with Crippen LogP contribution in [-0.4, -0.2) is 60.1 Å². The summed E-state index contributed by atoms with van der Waals surface area (Å²) in [7, 11) is 0. The Morgan fingerprint density at radius 2 is 1.37 bits per heavy atom. The van der Waals surface area contributed by atoms with Crippen LogP contribution in [0.2, 0.25) is 0 Å². The van der Waals surface area contributed by atoms with E-state index in [1.54, 1.807) is 0 Å². The summed E-state index contributed by atoms with van der Waals surface area (Å²) in [5, 5.41) is 15.0. The Balaban J connectivity index is 1.21. The maximum Gasteiger partial charge on any atom is 0.407 e. The molecule has 38 heavy (non-hydrogen) atoms. The van der Waals surface area contributed by atoms with E-state index in [-0.39, 0.29) is 32.2 Å². The van der Waals surface area contributed by atoms with Crippen LogP contribution in [-0.2, 0) is 16.1 Å². The van der Waals surface area contributed by atoms with Crippen LogP contribution in [0, 0.1) is 0 Å². The standard InChI is InChI=1S/C29H29N3O6/c33-27(37-17-19-8-2-1-3-9-19)30-25-14-15-32(29(35)36)16-26(25)31-28(34)38-18-24-22-12-6-4-10-20(22)21-11-5-7-13-23(21)24/h1-13,24-26H,14-18H2,(H,30,33)(H,31,34)(H,35,36)/t25-,26+/m0/s1. The van der Waals surface area contributed by atoms with Gasteiger partial charge in [0.25, 0.3) is 0 Å². The number of carboxylic acid groups (broad SMARTS) is 1. The predicted molar refractivity (Wildman–Crippen MR) is 140 cm³/mol. The number of ether oxygens (including phenoxy) is 2. The summed E-state index contributed by atoms with van der Waals surface area (Å²) in [5.41, 5.74) is 5.28. The summed E-state index contributed by atoms with van der Waals surface area (Å²) in [4.78, 5) is 38.1. The number of likely N-dealkylation sites (tertiary alicyclic amines) is 1. The second-order valence-electron chi connectivity index (χ2n) is 9.41. The Morgan fingerprint density at radius 3 is 2.03 bits per heavy atom. The van der Waals surface area contributed by atoms with Crippen LogP contribution in [0.1, 0.15) is 29.0 Å². The SMILES string of the molecule is O=C(N[C@H]1CCN(C(=O)O)C[C@H]1NC(=O)OCC1c2ccccc2-c2ccccc21)OCc1ccccc1. The number of nitrogens with one attached hydrogen (secondary N) is 2. The summed E-state index contributed by atoms with van der Waals surface area (Å²) in [6.45, 7) is 0.475. The van der Waals surface area contributed by atoms with Gasteiger partial charge in [0.1, 0.15) is 13.2 Å². The van der Waals surface area contributed by atoms with Crippen molar-refractivity contribution in [1.29, 1.82) is 0 Å². The largest absolute Gasteiger partial charge is 0.465 e. The summed E-state index contributed by atoms with van der Waals surface area (Å²) < 4.78 is 11.0. The third-order valence-electron chi connectivity index (χ3n) is 7.05. The van der Waals surface area contributed by atoms with Crippen molar-refractivity contribution in [2.75, 3.05) is 19.7 Å². The molecule has 3 aromatic rings. The molecule has 1 fully saturated rings. The summed E-state index contributed by atoms with van der Waals surface area (Å²) >= 11 is 0. The molecule has 1 saturated heterocycles. The van der Waals surface area contributed by atoms with Crippen molar-refractivity contribution in [2.24, 2.45) is 0 Å². The fourth-order valence-corrected chi connectivity index (χ4v) is 5.15. The van der Waals surface area contributed by atoms with E-state index >= 15 is 0 Å². The summed E-state index contributed by atoms with van der Waals surface area (Å²) in [5.74, 6) is -0.100. The molecule has 9 heteroatoms. The molecule has 196 valence electrons. The van der Waals surface area contributed by atoms with Crippen molar-refractivity contribution in [3.63, 3.8) is 0 Å². The molecular formula is C29H29N3O6. The number of hydrogen-bond acceptors (Lipinski definition) is 5. The first-order valence-electron chi connectivity index (χ1n) is 12.6. The lowest BCUT2D eigenvalue weighted by atomic mass is 9.98. The van der Waals surface area contributed by atoms with Gasteiger partial charge in [-0.25, -0.2) is 14.4 Å². The third-order valence-corrected chi connectivity index (χ3v) is 7.05. The molecule has 0 spiro atoms. The van der Waals surface area contributed by atoms with Gasteiger partial charge in [-0.15, -0.1) is 0 Å². The van der Waals surface area contributed by atoms with Crippen molar-refractivity contribution in [2.45, 2.75) is 31.0 Å². The lowest BCUT2D eigenvalue weighted by molar-refractivity contribution is 0.0959. The van der Waals surface area contributed by atoms with Crippen molar-refractivity contribution in [3.05, 3.63) is 95.6 Å². The predicted octanol–water partition coefficient (Wildman–Crippen LogP) is 4.57. The Kier molecular flexibility index (Phi) is 7.44. The normalized spacial score (nSPS) is 18.2. The van der Waals surface area contributed by atoms with Crippen LogP contribution >= 0.6 is 0 Å². The second kappa shape index (κ2) is 11.2. The molecular weight excluding hydrogens is 486 g/mol. The van der Waals surface area contributed by atoms with E-state index in [1.165, 1.54) is 4.90 Å². The lowest BCUT2D eigenvalue weighted by Crippen LogP contribution is -2.61. The molecule has 2 atom stereocenters. The molecule has 3 N–H and O–H groups in total. The quantitative estimate of drug-likeness (QED) is 0.443. The van der Waals surface area contributed by atoms with Crippen LogP contribution in [0.5, 0.6) is 0 Å².